The Bertz CT molecular complexity index is 821. The molecular weight excluding hydrogens is 318 g/mol. The van der Waals surface area contributed by atoms with E-state index in [9.17, 15) is 10.1 Å². The summed E-state index contributed by atoms with van der Waals surface area (Å²) in [6.45, 7) is 1.49. The Morgan fingerprint density at radius 2 is 2.00 bits per heavy atom. The molecule has 6 heteroatoms. The number of methoxy groups -OCH3 is 1. The maximum atomic E-state index is 11.3. The number of nitriles is 1. The number of piperidine rings is 1. The average Bonchev–Trinajstić information content (AvgIpc) is 2.67. The number of hydrogen-bond donors (Lipinski definition) is 0. The van der Waals surface area contributed by atoms with Crippen molar-refractivity contribution < 1.29 is 9.66 Å². The zero-order valence-electron chi connectivity index (χ0n) is 14.0. The molecule has 1 fully saturated rings. The normalized spacial score (nSPS) is 14.8. The molecule has 0 saturated carbocycles. The highest BCUT2D eigenvalue weighted by Gasteiger charge is 2.26. The van der Waals surface area contributed by atoms with E-state index in [1.807, 2.05) is 23.1 Å². The Kier molecular flexibility index (Phi) is 4.85. The molecule has 0 aromatic heterocycles. The molecule has 2 aromatic rings. The van der Waals surface area contributed by atoms with Crippen LogP contribution in [0, 0.1) is 21.4 Å². The molecule has 1 heterocycles. The number of rotatable bonds is 4. The summed E-state index contributed by atoms with van der Waals surface area (Å²) >= 11 is 0. The third-order valence-corrected chi connectivity index (χ3v) is 4.70. The third kappa shape index (κ3) is 3.56. The minimum absolute atomic E-state index is 0.00104. The van der Waals surface area contributed by atoms with Gasteiger partial charge in [0.15, 0.2) is 0 Å². The van der Waals surface area contributed by atoms with Crippen molar-refractivity contribution >= 4 is 11.4 Å². The van der Waals surface area contributed by atoms with Crippen LogP contribution in [-0.2, 0) is 0 Å². The van der Waals surface area contributed by atoms with Crippen LogP contribution in [0.15, 0.2) is 42.5 Å². The lowest BCUT2D eigenvalue weighted by atomic mass is 9.89. The van der Waals surface area contributed by atoms with Crippen LogP contribution in [0.25, 0.3) is 0 Å². The van der Waals surface area contributed by atoms with Crippen molar-refractivity contribution in [3.05, 3.63) is 63.7 Å². The second-order valence-electron chi connectivity index (χ2n) is 6.11. The standard InChI is InChI=1S/C19H19N3O3/c1-25-17-4-2-3-16(12-17)15-7-9-21(10-8-15)18-6-5-14(13-20)11-19(18)22(23)24/h2-6,11-12,15H,7-10H2,1H3. The molecule has 25 heavy (non-hydrogen) atoms. The molecule has 1 aliphatic heterocycles. The van der Waals surface area contributed by atoms with E-state index in [1.54, 1.807) is 19.2 Å². The van der Waals surface area contributed by atoms with Crippen molar-refractivity contribution in [2.24, 2.45) is 0 Å². The highest BCUT2D eigenvalue weighted by atomic mass is 16.6. The molecule has 3 rings (SSSR count). The van der Waals surface area contributed by atoms with E-state index < -0.39 is 4.92 Å². The predicted molar refractivity (Wildman–Crippen MR) is 95.0 cm³/mol. The highest BCUT2D eigenvalue weighted by Crippen LogP contribution is 2.35. The van der Waals surface area contributed by atoms with Crippen LogP contribution in [-0.4, -0.2) is 25.1 Å². The van der Waals surface area contributed by atoms with Gasteiger partial charge in [0.1, 0.15) is 11.4 Å². The first-order chi connectivity index (χ1) is 12.1. The van der Waals surface area contributed by atoms with Crippen LogP contribution < -0.4 is 9.64 Å². The zero-order valence-corrected chi connectivity index (χ0v) is 14.0. The number of nitro groups is 1. The van der Waals surface area contributed by atoms with Gasteiger partial charge in [0.2, 0.25) is 0 Å². The number of hydrogen-bond acceptors (Lipinski definition) is 5. The fourth-order valence-electron chi connectivity index (χ4n) is 3.36. The van der Waals surface area contributed by atoms with Crippen LogP contribution >= 0.6 is 0 Å². The fraction of sp³-hybridized carbons (Fsp3) is 0.316. The van der Waals surface area contributed by atoms with E-state index in [1.165, 1.54) is 11.6 Å². The number of nitro benzene ring substituents is 1. The minimum atomic E-state index is -0.412. The number of ether oxygens (including phenoxy) is 1. The van der Waals surface area contributed by atoms with Gasteiger partial charge in [-0.1, -0.05) is 12.1 Å². The van der Waals surface area contributed by atoms with Gasteiger partial charge in [0, 0.05) is 19.2 Å². The van der Waals surface area contributed by atoms with Crippen LogP contribution in [0.2, 0.25) is 0 Å². The van der Waals surface area contributed by atoms with E-state index in [0.29, 0.717) is 17.2 Å². The van der Waals surface area contributed by atoms with Crippen molar-refractivity contribution in [2.75, 3.05) is 25.1 Å². The van der Waals surface area contributed by atoms with Gasteiger partial charge in [-0.3, -0.25) is 10.1 Å². The SMILES string of the molecule is COc1cccc(C2CCN(c3ccc(C#N)cc3[N+](=O)[O-])CC2)c1. The molecule has 0 atom stereocenters. The molecule has 128 valence electrons. The summed E-state index contributed by atoms with van der Waals surface area (Å²) in [6.07, 6.45) is 1.84. The van der Waals surface area contributed by atoms with Crippen LogP contribution in [0.3, 0.4) is 0 Å². The summed E-state index contributed by atoms with van der Waals surface area (Å²) in [6, 6.07) is 14.7. The number of anilines is 1. The molecular formula is C19H19N3O3. The summed E-state index contributed by atoms with van der Waals surface area (Å²) in [7, 11) is 1.66. The maximum Gasteiger partial charge on any atom is 0.293 e. The molecule has 0 unspecified atom stereocenters. The topological polar surface area (TPSA) is 79.4 Å². The van der Waals surface area contributed by atoms with Gasteiger partial charge in [-0.05, 0) is 48.6 Å². The quantitative estimate of drug-likeness (QED) is 0.625. The lowest BCUT2D eigenvalue weighted by Gasteiger charge is -2.33. The van der Waals surface area contributed by atoms with Crippen molar-refractivity contribution in [1.29, 1.82) is 5.26 Å². The Balaban J connectivity index is 1.76. The first kappa shape index (κ1) is 16.8. The zero-order chi connectivity index (χ0) is 17.8. The summed E-state index contributed by atoms with van der Waals surface area (Å²) in [5, 5.41) is 20.3. The van der Waals surface area contributed by atoms with Gasteiger partial charge in [-0.15, -0.1) is 0 Å². The molecule has 0 aliphatic carbocycles. The predicted octanol–water partition coefficient (Wildman–Crippen LogP) is 3.86. The fourth-order valence-corrected chi connectivity index (χ4v) is 3.36. The van der Waals surface area contributed by atoms with Gasteiger partial charge >= 0.3 is 0 Å². The lowest BCUT2D eigenvalue weighted by Crippen LogP contribution is -2.33. The Morgan fingerprint density at radius 3 is 2.64 bits per heavy atom. The van der Waals surface area contributed by atoms with Crippen LogP contribution in [0.5, 0.6) is 5.75 Å². The minimum Gasteiger partial charge on any atom is -0.497 e. The molecule has 1 saturated heterocycles. The third-order valence-electron chi connectivity index (χ3n) is 4.70. The van der Waals surface area contributed by atoms with Crippen molar-refractivity contribution in [1.82, 2.24) is 0 Å². The largest absolute Gasteiger partial charge is 0.497 e. The molecule has 6 nitrogen and oxygen atoms in total. The molecule has 0 bridgehead atoms. The average molecular weight is 337 g/mol. The Morgan fingerprint density at radius 1 is 1.24 bits per heavy atom. The van der Waals surface area contributed by atoms with Crippen molar-refractivity contribution in [2.45, 2.75) is 18.8 Å². The van der Waals surface area contributed by atoms with Gasteiger partial charge in [-0.25, -0.2) is 0 Å². The van der Waals surface area contributed by atoms with E-state index in [-0.39, 0.29) is 5.69 Å². The molecule has 0 radical (unpaired) electrons. The van der Waals surface area contributed by atoms with Crippen LogP contribution in [0.4, 0.5) is 11.4 Å². The molecule has 0 spiro atoms. The number of nitrogens with zero attached hydrogens (tertiary/aromatic N) is 3. The van der Waals surface area contributed by atoms with Crippen LogP contribution in [0.1, 0.15) is 29.9 Å². The number of benzene rings is 2. The van der Waals surface area contributed by atoms with Gasteiger partial charge in [0.05, 0.1) is 23.7 Å². The molecule has 2 aromatic carbocycles. The van der Waals surface area contributed by atoms with Gasteiger partial charge in [-0.2, -0.15) is 5.26 Å². The first-order valence-corrected chi connectivity index (χ1v) is 8.20. The molecule has 0 amide bonds. The van der Waals surface area contributed by atoms with E-state index in [0.717, 1.165) is 31.7 Å². The summed E-state index contributed by atoms with van der Waals surface area (Å²) in [5.74, 6) is 1.27. The second-order valence-corrected chi connectivity index (χ2v) is 6.11. The Hall–Kier alpha value is -3.07. The highest BCUT2D eigenvalue weighted by molar-refractivity contribution is 5.66. The summed E-state index contributed by atoms with van der Waals surface area (Å²) in [5.41, 5.74) is 2.14. The maximum absolute atomic E-state index is 11.3. The summed E-state index contributed by atoms with van der Waals surface area (Å²) in [4.78, 5) is 13.0. The van der Waals surface area contributed by atoms with E-state index in [4.69, 9.17) is 10.00 Å². The Labute approximate surface area is 146 Å². The lowest BCUT2D eigenvalue weighted by molar-refractivity contribution is -0.384. The van der Waals surface area contributed by atoms with E-state index in [2.05, 4.69) is 12.1 Å². The monoisotopic (exact) mass is 337 g/mol. The summed E-state index contributed by atoms with van der Waals surface area (Å²) < 4.78 is 5.29. The smallest absolute Gasteiger partial charge is 0.293 e. The van der Waals surface area contributed by atoms with Crippen molar-refractivity contribution in [3.63, 3.8) is 0 Å². The van der Waals surface area contributed by atoms with E-state index >= 15 is 0 Å². The molecule has 0 N–H and O–H groups in total. The molecule has 1 aliphatic rings. The van der Waals surface area contributed by atoms with Gasteiger partial charge < -0.3 is 9.64 Å². The second kappa shape index (κ2) is 7.22. The first-order valence-electron chi connectivity index (χ1n) is 8.20. The van der Waals surface area contributed by atoms with Gasteiger partial charge in [0.25, 0.3) is 5.69 Å². The van der Waals surface area contributed by atoms with Crippen molar-refractivity contribution in [3.8, 4) is 11.8 Å².